The number of rotatable bonds is 5. The van der Waals surface area contributed by atoms with E-state index >= 15 is 0 Å². The molecule has 2 aromatic rings. The van der Waals surface area contributed by atoms with Gasteiger partial charge in [0.15, 0.2) is 5.82 Å². The third-order valence-corrected chi connectivity index (χ3v) is 3.22. The summed E-state index contributed by atoms with van der Waals surface area (Å²) in [4.78, 5) is 21.6. The molecule has 2 heterocycles. The van der Waals surface area contributed by atoms with Crippen molar-refractivity contribution in [2.75, 3.05) is 18.0 Å². The summed E-state index contributed by atoms with van der Waals surface area (Å²) < 4.78 is 1.93. The molecule has 1 unspecified atom stereocenters. The molecule has 0 saturated heterocycles. The van der Waals surface area contributed by atoms with Crippen molar-refractivity contribution in [3.63, 3.8) is 0 Å². The molecule has 0 fully saturated rings. The van der Waals surface area contributed by atoms with E-state index in [0.29, 0.717) is 13.1 Å². The normalized spacial score (nSPS) is 12.6. The largest absolute Gasteiger partial charge is 0.481 e. The summed E-state index contributed by atoms with van der Waals surface area (Å²) in [5, 5.41) is 9.02. The number of aromatic nitrogens is 3. The fourth-order valence-electron chi connectivity index (χ4n) is 2.05. The molecule has 0 radical (unpaired) electrons. The molecule has 2 rings (SSSR count). The van der Waals surface area contributed by atoms with E-state index in [1.165, 1.54) is 0 Å². The van der Waals surface area contributed by atoms with Crippen LogP contribution in [0.3, 0.4) is 0 Å². The highest BCUT2D eigenvalue weighted by molar-refractivity contribution is 5.86. The molecule has 19 heavy (non-hydrogen) atoms. The summed E-state index contributed by atoms with van der Waals surface area (Å²) in [6.45, 7) is 4.80. The summed E-state index contributed by atoms with van der Waals surface area (Å²) >= 11 is 0. The Morgan fingerprint density at radius 1 is 1.53 bits per heavy atom. The Kier molecular flexibility index (Phi) is 3.69. The molecule has 2 aromatic heterocycles. The van der Waals surface area contributed by atoms with Gasteiger partial charge >= 0.3 is 5.97 Å². The molecule has 0 aliphatic heterocycles. The predicted molar refractivity (Wildman–Crippen MR) is 73.2 cm³/mol. The van der Waals surface area contributed by atoms with Gasteiger partial charge in [-0.15, -0.1) is 0 Å². The number of hydrogen-bond donors (Lipinski definition) is 1. The van der Waals surface area contributed by atoms with Crippen molar-refractivity contribution >= 4 is 22.8 Å². The van der Waals surface area contributed by atoms with Crippen LogP contribution in [-0.4, -0.2) is 38.7 Å². The summed E-state index contributed by atoms with van der Waals surface area (Å²) in [5.41, 5.74) is 1.80. The van der Waals surface area contributed by atoms with Gasteiger partial charge in [-0.1, -0.05) is 6.92 Å². The maximum atomic E-state index is 11.0. The monoisotopic (exact) mass is 262 g/mol. The van der Waals surface area contributed by atoms with E-state index in [1.54, 1.807) is 19.4 Å². The van der Waals surface area contributed by atoms with Crippen LogP contribution in [0.1, 0.15) is 13.8 Å². The number of pyridine rings is 1. The Morgan fingerprint density at radius 3 is 2.89 bits per heavy atom. The fourth-order valence-corrected chi connectivity index (χ4v) is 2.05. The third kappa shape index (κ3) is 2.52. The minimum atomic E-state index is -0.799. The minimum Gasteiger partial charge on any atom is -0.481 e. The van der Waals surface area contributed by atoms with Gasteiger partial charge in [0.2, 0.25) is 0 Å². The van der Waals surface area contributed by atoms with Gasteiger partial charge in [0.05, 0.1) is 17.8 Å². The quantitative estimate of drug-likeness (QED) is 0.884. The Hall–Kier alpha value is -2.11. The zero-order valence-corrected chi connectivity index (χ0v) is 11.4. The molecule has 6 nitrogen and oxygen atoms in total. The molecular formula is C13H18N4O2. The highest BCUT2D eigenvalue weighted by atomic mass is 16.4. The predicted octanol–water partition coefficient (Wildman–Crippen LogP) is 1.52. The van der Waals surface area contributed by atoms with Gasteiger partial charge in [0.25, 0.3) is 0 Å². The fraction of sp³-hybridized carbons (Fsp3) is 0.462. The summed E-state index contributed by atoms with van der Waals surface area (Å²) in [6.07, 6.45) is 3.47. The molecule has 0 amide bonds. The molecule has 0 aliphatic rings. The molecule has 0 saturated carbocycles. The molecule has 6 heteroatoms. The second-order valence-corrected chi connectivity index (χ2v) is 4.64. The van der Waals surface area contributed by atoms with Crippen molar-refractivity contribution in [3.8, 4) is 0 Å². The minimum absolute atomic E-state index is 0.425. The van der Waals surface area contributed by atoms with E-state index in [-0.39, 0.29) is 0 Å². The van der Waals surface area contributed by atoms with Crippen LogP contribution in [0.2, 0.25) is 0 Å². The highest BCUT2D eigenvalue weighted by Crippen LogP contribution is 2.23. The smallest absolute Gasteiger partial charge is 0.308 e. The van der Waals surface area contributed by atoms with Gasteiger partial charge in [-0.25, -0.2) is 9.97 Å². The second-order valence-electron chi connectivity index (χ2n) is 4.64. The van der Waals surface area contributed by atoms with E-state index in [9.17, 15) is 4.79 Å². The van der Waals surface area contributed by atoms with Gasteiger partial charge in [0, 0.05) is 26.3 Å². The number of aryl methyl sites for hydroxylation is 1. The molecule has 0 aromatic carbocycles. The SMILES string of the molecule is CCN(CC(C)C(=O)O)c1nccc2c1ncn2C. The second kappa shape index (κ2) is 5.26. The molecule has 102 valence electrons. The lowest BCUT2D eigenvalue weighted by molar-refractivity contribution is -0.140. The van der Waals surface area contributed by atoms with E-state index in [4.69, 9.17) is 5.11 Å². The Bertz CT molecular complexity index is 593. The van der Waals surface area contributed by atoms with E-state index < -0.39 is 11.9 Å². The van der Waals surface area contributed by atoms with Gasteiger partial charge in [-0.3, -0.25) is 4.79 Å². The highest BCUT2D eigenvalue weighted by Gasteiger charge is 2.19. The first-order valence-corrected chi connectivity index (χ1v) is 6.28. The van der Waals surface area contributed by atoms with Crippen molar-refractivity contribution in [2.45, 2.75) is 13.8 Å². The lowest BCUT2D eigenvalue weighted by Gasteiger charge is -2.24. The number of anilines is 1. The lowest BCUT2D eigenvalue weighted by Crippen LogP contribution is -2.32. The van der Waals surface area contributed by atoms with Crippen molar-refractivity contribution in [3.05, 3.63) is 18.6 Å². The maximum absolute atomic E-state index is 11.0. The first-order chi connectivity index (χ1) is 9.04. The van der Waals surface area contributed by atoms with Crippen molar-refractivity contribution in [1.29, 1.82) is 0 Å². The van der Waals surface area contributed by atoms with E-state index in [2.05, 4.69) is 9.97 Å². The molecule has 0 spiro atoms. The molecule has 1 atom stereocenters. The number of carbonyl (C=O) groups is 1. The molecule has 0 bridgehead atoms. The summed E-state index contributed by atoms with van der Waals surface area (Å²) in [6, 6.07) is 1.90. The standard InChI is InChI=1S/C13H18N4O2/c1-4-17(7-9(2)13(18)19)12-11-10(5-6-14-12)16(3)8-15-11/h5-6,8-9H,4,7H2,1-3H3,(H,18,19). The number of nitrogens with zero attached hydrogens (tertiary/aromatic N) is 4. The van der Waals surface area contributed by atoms with Gasteiger partial charge in [0.1, 0.15) is 5.52 Å². The average molecular weight is 262 g/mol. The Morgan fingerprint density at radius 2 is 2.26 bits per heavy atom. The van der Waals surface area contributed by atoms with Crippen LogP contribution >= 0.6 is 0 Å². The zero-order valence-electron chi connectivity index (χ0n) is 11.4. The number of carboxylic acid groups (broad SMARTS) is 1. The number of aliphatic carboxylic acids is 1. The topological polar surface area (TPSA) is 71.2 Å². The van der Waals surface area contributed by atoms with Crippen LogP contribution in [0.4, 0.5) is 5.82 Å². The van der Waals surface area contributed by atoms with Crippen LogP contribution in [0, 0.1) is 5.92 Å². The third-order valence-electron chi connectivity index (χ3n) is 3.22. The zero-order chi connectivity index (χ0) is 14.0. The van der Waals surface area contributed by atoms with Crippen LogP contribution in [0.25, 0.3) is 11.0 Å². The lowest BCUT2D eigenvalue weighted by atomic mass is 10.1. The van der Waals surface area contributed by atoms with E-state index in [1.807, 2.05) is 29.5 Å². The van der Waals surface area contributed by atoms with Crippen molar-refractivity contribution in [2.24, 2.45) is 13.0 Å². The van der Waals surface area contributed by atoms with Crippen LogP contribution in [-0.2, 0) is 11.8 Å². The Balaban J connectivity index is 2.38. The van der Waals surface area contributed by atoms with Gasteiger partial charge < -0.3 is 14.6 Å². The van der Waals surface area contributed by atoms with Crippen LogP contribution in [0.5, 0.6) is 0 Å². The van der Waals surface area contributed by atoms with Crippen LogP contribution in [0.15, 0.2) is 18.6 Å². The van der Waals surface area contributed by atoms with Crippen molar-refractivity contribution < 1.29 is 9.90 Å². The van der Waals surface area contributed by atoms with Gasteiger partial charge in [-0.2, -0.15) is 0 Å². The first-order valence-electron chi connectivity index (χ1n) is 6.28. The Labute approximate surface area is 111 Å². The average Bonchev–Trinajstić information content (AvgIpc) is 2.77. The van der Waals surface area contributed by atoms with Crippen molar-refractivity contribution in [1.82, 2.24) is 14.5 Å². The number of hydrogen-bond acceptors (Lipinski definition) is 4. The van der Waals surface area contributed by atoms with Gasteiger partial charge in [-0.05, 0) is 13.0 Å². The molecular weight excluding hydrogens is 244 g/mol. The molecule has 1 N–H and O–H groups in total. The van der Waals surface area contributed by atoms with E-state index in [0.717, 1.165) is 16.9 Å². The first kappa shape index (κ1) is 13.3. The number of fused-ring (bicyclic) bond motifs is 1. The number of imidazole rings is 1. The maximum Gasteiger partial charge on any atom is 0.308 e. The number of carboxylic acids is 1. The molecule has 0 aliphatic carbocycles. The summed E-state index contributed by atoms with van der Waals surface area (Å²) in [7, 11) is 1.93. The summed E-state index contributed by atoms with van der Waals surface area (Å²) in [5.74, 6) is -0.499. The van der Waals surface area contributed by atoms with Crippen LogP contribution < -0.4 is 4.90 Å².